The Balaban J connectivity index is 0.000000980. The van der Waals surface area contributed by atoms with Crippen LogP contribution in [-0.4, -0.2) is 0 Å². The topological polar surface area (TPSA) is 7.76 Å². The monoisotopic (exact) mass is 330 g/mol. The first kappa shape index (κ1) is 14.3. The van der Waals surface area contributed by atoms with Gasteiger partial charge in [-0.3, -0.25) is 0 Å². The van der Waals surface area contributed by atoms with Crippen molar-refractivity contribution < 1.29 is 43.1 Å². The molecule has 0 aliphatic heterocycles. The van der Waals surface area contributed by atoms with Gasteiger partial charge in [-0.05, 0) is 0 Å². The predicted molar refractivity (Wildman–Crippen MR) is 48.7 cm³/mol. The Bertz CT molecular complexity index is 327. The van der Waals surface area contributed by atoms with E-state index in [4.69, 9.17) is 0 Å². The second-order valence-corrected chi connectivity index (χ2v) is 2.92. The van der Waals surface area contributed by atoms with Gasteiger partial charge in [-0.2, -0.15) is 0 Å². The van der Waals surface area contributed by atoms with Crippen molar-refractivity contribution in [2.45, 2.75) is 6.67 Å². The maximum atomic E-state index is 2.12. The smallest absolute Gasteiger partial charge is 0.343 e. The summed E-state index contributed by atoms with van der Waals surface area (Å²) in [5.41, 5.74) is 0. The van der Waals surface area contributed by atoms with Gasteiger partial charge in [0.05, 0.1) is 0 Å². The van der Waals surface area contributed by atoms with Gasteiger partial charge in [0.1, 0.15) is 0 Å². The van der Waals surface area contributed by atoms with E-state index < -0.39 is 0 Å². The summed E-state index contributed by atoms with van der Waals surface area (Å²) in [7, 11) is 0. The number of aromatic nitrogens is 2. The first-order valence-electron chi connectivity index (χ1n) is 4.33. The Morgan fingerprint density at radius 2 is 0.867 bits per heavy atom. The molecule has 0 unspecified atom stereocenters. The summed E-state index contributed by atoms with van der Waals surface area (Å²) < 4.78 is 4.25. The second kappa shape index (κ2) is 7.54. The van der Waals surface area contributed by atoms with Crippen molar-refractivity contribution >= 4 is 0 Å². The summed E-state index contributed by atoms with van der Waals surface area (Å²) in [6.45, 7) is 0.863. The fraction of sp³-hybridized carbons (Fsp3) is 0.0909. The number of hydrogen-bond acceptors (Lipinski definition) is 0. The molecule has 0 saturated heterocycles. The van der Waals surface area contributed by atoms with Crippen LogP contribution in [0.1, 0.15) is 0 Å². The van der Waals surface area contributed by atoms with Crippen LogP contribution in [0.4, 0.5) is 0 Å². The quantitative estimate of drug-likeness (QED) is 0.486. The van der Waals surface area contributed by atoms with Gasteiger partial charge in [0.25, 0.3) is 0 Å². The van der Waals surface area contributed by atoms with Crippen molar-refractivity contribution in [1.29, 1.82) is 0 Å². The fourth-order valence-electron chi connectivity index (χ4n) is 1.25. The number of hydrogen-bond donors (Lipinski definition) is 0. The Hall–Kier alpha value is -0.740. The molecule has 2 nitrogen and oxygen atoms in total. The van der Waals surface area contributed by atoms with Crippen LogP contribution in [0.3, 0.4) is 0 Å². The molecular weight excluding hydrogens is 320 g/mol. The van der Waals surface area contributed by atoms with Gasteiger partial charge in [0.15, 0.2) is 24.8 Å². The lowest BCUT2D eigenvalue weighted by atomic mass is 10.5. The summed E-state index contributed by atoms with van der Waals surface area (Å²) in [5, 5.41) is 0. The molecule has 0 N–H and O–H groups in total. The average Bonchev–Trinajstić information content (AvgIpc) is 2.21. The molecule has 2 heterocycles. The summed E-state index contributed by atoms with van der Waals surface area (Å²) in [4.78, 5) is 0. The van der Waals surface area contributed by atoms with Gasteiger partial charge in [-0.1, -0.05) is 12.1 Å². The molecule has 0 bridgehead atoms. The molecular formula is C11H12Br2N2. The molecule has 0 fully saturated rings. The molecule has 80 valence electrons. The fourth-order valence-corrected chi connectivity index (χ4v) is 1.25. The lowest BCUT2D eigenvalue weighted by Gasteiger charge is -1.91. The van der Waals surface area contributed by atoms with E-state index in [0.29, 0.717) is 0 Å². The van der Waals surface area contributed by atoms with Crippen molar-refractivity contribution in [2.75, 3.05) is 0 Å². The number of halogens is 2. The van der Waals surface area contributed by atoms with E-state index >= 15 is 0 Å². The van der Waals surface area contributed by atoms with Crippen LogP contribution in [0.2, 0.25) is 0 Å². The minimum Gasteiger partial charge on any atom is -1.00 e. The molecule has 0 spiro atoms. The Morgan fingerprint density at radius 1 is 0.533 bits per heavy atom. The zero-order chi connectivity index (χ0) is 8.93. The molecule has 0 saturated carbocycles. The molecule has 0 radical (unpaired) electrons. The molecule has 15 heavy (non-hydrogen) atoms. The first-order valence-corrected chi connectivity index (χ1v) is 4.33. The Labute approximate surface area is 111 Å². The third-order valence-corrected chi connectivity index (χ3v) is 1.88. The van der Waals surface area contributed by atoms with E-state index in [9.17, 15) is 0 Å². The SMILES string of the molecule is [Br-].[Br-].c1cc[n+](C[n+]2ccccc2)cc1. The van der Waals surface area contributed by atoms with Crippen molar-refractivity contribution in [2.24, 2.45) is 0 Å². The van der Waals surface area contributed by atoms with Crippen LogP contribution in [0.5, 0.6) is 0 Å². The van der Waals surface area contributed by atoms with E-state index in [-0.39, 0.29) is 34.0 Å². The van der Waals surface area contributed by atoms with Gasteiger partial charge in [-0.25, -0.2) is 0 Å². The largest absolute Gasteiger partial charge is 1.00 e. The molecule has 0 amide bonds. The molecule has 4 heteroatoms. The predicted octanol–water partition coefficient (Wildman–Crippen LogP) is -5.22. The van der Waals surface area contributed by atoms with Crippen molar-refractivity contribution in [3.63, 3.8) is 0 Å². The minimum absolute atomic E-state index is 0. The van der Waals surface area contributed by atoms with Gasteiger partial charge in [0.2, 0.25) is 0 Å². The third-order valence-electron chi connectivity index (χ3n) is 1.88. The van der Waals surface area contributed by atoms with Gasteiger partial charge < -0.3 is 34.0 Å². The molecule has 2 aromatic heterocycles. The summed E-state index contributed by atoms with van der Waals surface area (Å²) in [5.74, 6) is 0. The zero-order valence-corrected chi connectivity index (χ0v) is 11.3. The second-order valence-electron chi connectivity index (χ2n) is 2.92. The molecule has 0 aliphatic carbocycles. The number of rotatable bonds is 2. The maximum Gasteiger partial charge on any atom is 0.343 e. The summed E-state index contributed by atoms with van der Waals surface area (Å²) in [6, 6.07) is 12.2. The van der Waals surface area contributed by atoms with E-state index in [2.05, 4.69) is 33.9 Å². The van der Waals surface area contributed by atoms with Crippen LogP contribution in [0, 0.1) is 0 Å². The van der Waals surface area contributed by atoms with Crippen LogP contribution < -0.4 is 43.1 Å². The Kier molecular flexibility index (Phi) is 7.17. The molecule has 2 aromatic rings. The van der Waals surface area contributed by atoms with Crippen LogP contribution in [0.15, 0.2) is 61.2 Å². The van der Waals surface area contributed by atoms with E-state index in [1.165, 1.54) is 0 Å². The highest BCUT2D eigenvalue weighted by Crippen LogP contribution is 1.77. The van der Waals surface area contributed by atoms with Crippen molar-refractivity contribution in [3.8, 4) is 0 Å². The normalized spacial score (nSPS) is 8.53. The molecule has 0 aromatic carbocycles. The molecule has 0 atom stereocenters. The third kappa shape index (κ3) is 4.53. The number of pyridine rings is 2. The lowest BCUT2D eigenvalue weighted by molar-refractivity contribution is -0.913. The van der Waals surface area contributed by atoms with E-state index in [1.807, 2.05) is 36.4 Å². The van der Waals surface area contributed by atoms with Gasteiger partial charge in [-0.15, -0.1) is 9.13 Å². The first-order chi connectivity index (χ1) is 6.45. The van der Waals surface area contributed by atoms with Crippen molar-refractivity contribution in [1.82, 2.24) is 0 Å². The zero-order valence-electron chi connectivity index (χ0n) is 8.13. The standard InChI is InChI=1S/C11H12N2.2BrH/c1-3-7-12(8-4-1)11-13-9-5-2-6-10-13;;/h1-10H,11H2;2*1H/q+2;;/p-2. The Morgan fingerprint density at radius 3 is 1.20 bits per heavy atom. The summed E-state index contributed by atoms with van der Waals surface area (Å²) in [6.07, 6.45) is 8.22. The van der Waals surface area contributed by atoms with Crippen LogP contribution >= 0.6 is 0 Å². The van der Waals surface area contributed by atoms with Gasteiger partial charge >= 0.3 is 6.67 Å². The number of nitrogens with zero attached hydrogens (tertiary/aromatic N) is 2. The minimum atomic E-state index is 0. The molecule has 2 rings (SSSR count). The molecule has 0 aliphatic rings. The van der Waals surface area contributed by atoms with E-state index in [1.54, 1.807) is 0 Å². The highest BCUT2D eigenvalue weighted by Gasteiger charge is 2.03. The maximum absolute atomic E-state index is 2.12. The lowest BCUT2D eigenvalue weighted by Crippen LogP contribution is -3.00. The van der Waals surface area contributed by atoms with Crippen LogP contribution in [0.25, 0.3) is 0 Å². The van der Waals surface area contributed by atoms with Crippen LogP contribution in [-0.2, 0) is 6.67 Å². The van der Waals surface area contributed by atoms with Crippen molar-refractivity contribution in [3.05, 3.63) is 61.2 Å². The average molecular weight is 332 g/mol. The van der Waals surface area contributed by atoms with E-state index in [0.717, 1.165) is 6.67 Å². The summed E-state index contributed by atoms with van der Waals surface area (Å²) >= 11 is 0. The highest BCUT2D eigenvalue weighted by molar-refractivity contribution is 4.84. The van der Waals surface area contributed by atoms with Gasteiger partial charge in [0, 0.05) is 24.3 Å². The highest BCUT2D eigenvalue weighted by atomic mass is 79.9.